The Morgan fingerprint density at radius 2 is 1.92 bits per heavy atom. The molecule has 0 bridgehead atoms. The third kappa shape index (κ3) is 2.86. The monoisotopic (exact) mass is 324 g/mol. The summed E-state index contributed by atoms with van der Waals surface area (Å²) in [5, 5.41) is 6.24. The van der Waals surface area contributed by atoms with E-state index in [0.717, 1.165) is 5.82 Å². The average molecular weight is 324 g/mol. The molecule has 0 saturated carbocycles. The van der Waals surface area contributed by atoms with Gasteiger partial charge in [-0.15, -0.1) is 0 Å². The zero-order chi connectivity index (χ0) is 16.4. The van der Waals surface area contributed by atoms with Gasteiger partial charge in [0.15, 0.2) is 11.5 Å². The van der Waals surface area contributed by atoms with Crippen molar-refractivity contribution < 1.29 is 4.39 Å². The number of fused-ring (bicyclic) bond motifs is 1. The number of anilines is 3. The van der Waals surface area contributed by atoms with Gasteiger partial charge in [0.2, 0.25) is 5.95 Å². The quantitative estimate of drug-likeness (QED) is 0.449. The average Bonchev–Trinajstić information content (AvgIpc) is 3.26. The Kier molecular flexibility index (Phi) is 3.50. The van der Waals surface area contributed by atoms with Gasteiger partial charge in [-0.3, -0.25) is 0 Å². The van der Waals surface area contributed by atoms with Crippen LogP contribution in [0.1, 0.15) is 5.82 Å². The highest BCUT2D eigenvalue weighted by atomic mass is 19.1. The molecule has 0 amide bonds. The number of aromatic nitrogens is 6. The van der Waals surface area contributed by atoms with E-state index in [2.05, 4.69) is 40.5 Å². The molecule has 0 aliphatic rings. The van der Waals surface area contributed by atoms with Gasteiger partial charge >= 0.3 is 0 Å². The lowest BCUT2D eigenvalue weighted by Gasteiger charge is -2.09. The van der Waals surface area contributed by atoms with Crippen LogP contribution in [0.2, 0.25) is 0 Å². The summed E-state index contributed by atoms with van der Waals surface area (Å²) >= 11 is 0. The molecular formula is C15H13FN8. The van der Waals surface area contributed by atoms with Gasteiger partial charge in [-0.1, -0.05) is 0 Å². The number of nitrogens with one attached hydrogen (secondary N) is 4. The van der Waals surface area contributed by atoms with Gasteiger partial charge in [0, 0.05) is 18.1 Å². The second kappa shape index (κ2) is 5.95. The minimum absolute atomic E-state index is 0.301. The van der Waals surface area contributed by atoms with Gasteiger partial charge in [-0.25, -0.2) is 14.4 Å². The fourth-order valence-electron chi connectivity index (χ4n) is 2.24. The van der Waals surface area contributed by atoms with Crippen molar-refractivity contribution in [2.24, 2.45) is 0 Å². The zero-order valence-corrected chi connectivity index (χ0v) is 12.4. The van der Waals surface area contributed by atoms with Crippen LogP contribution in [0.5, 0.6) is 0 Å². The van der Waals surface area contributed by atoms with E-state index in [1.165, 1.54) is 12.1 Å². The van der Waals surface area contributed by atoms with Crippen molar-refractivity contribution in [3.63, 3.8) is 0 Å². The highest BCUT2D eigenvalue weighted by molar-refractivity contribution is 5.84. The van der Waals surface area contributed by atoms with Crippen molar-refractivity contribution in [3.8, 4) is 0 Å². The second-order valence-electron chi connectivity index (χ2n) is 5.02. The number of hydrogen-bond donors (Lipinski definition) is 4. The van der Waals surface area contributed by atoms with Crippen LogP contribution in [0.15, 0.2) is 43.0 Å². The third-order valence-electron chi connectivity index (χ3n) is 3.36. The Balaban J connectivity index is 1.62. The summed E-state index contributed by atoms with van der Waals surface area (Å²) in [4.78, 5) is 23.1. The predicted molar refractivity (Wildman–Crippen MR) is 87.3 cm³/mol. The maximum absolute atomic E-state index is 13.0. The highest BCUT2D eigenvalue weighted by Crippen LogP contribution is 2.21. The van der Waals surface area contributed by atoms with Crippen LogP contribution in [-0.4, -0.2) is 29.9 Å². The molecule has 3 heterocycles. The van der Waals surface area contributed by atoms with Gasteiger partial charge in [-0.05, 0) is 24.3 Å². The van der Waals surface area contributed by atoms with Crippen LogP contribution < -0.4 is 10.6 Å². The molecule has 0 radical (unpaired) electrons. The van der Waals surface area contributed by atoms with Gasteiger partial charge in [0.05, 0.1) is 12.9 Å². The Morgan fingerprint density at radius 1 is 1.04 bits per heavy atom. The van der Waals surface area contributed by atoms with Crippen molar-refractivity contribution in [2.75, 3.05) is 10.6 Å². The van der Waals surface area contributed by atoms with E-state index >= 15 is 0 Å². The topological polar surface area (TPSA) is 107 Å². The number of halogens is 1. The summed E-state index contributed by atoms with van der Waals surface area (Å²) in [6.45, 7) is 0.480. The van der Waals surface area contributed by atoms with E-state index in [0.29, 0.717) is 35.2 Å². The van der Waals surface area contributed by atoms with Crippen LogP contribution in [0.25, 0.3) is 11.2 Å². The fourth-order valence-corrected chi connectivity index (χ4v) is 2.24. The maximum atomic E-state index is 13.0. The van der Waals surface area contributed by atoms with Crippen LogP contribution >= 0.6 is 0 Å². The van der Waals surface area contributed by atoms with E-state index in [1.54, 1.807) is 30.9 Å². The van der Waals surface area contributed by atoms with E-state index in [1.807, 2.05) is 0 Å². The molecule has 0 aliphatic carbocycles. The summed E-state index contributed by atoms with van der Waals surface area (Å²) in [6, 6.07) is 5.96. The number of aromatic amines is 2. The molecule has 3 aromatic heterocycles. The molecule has 8 nitrogen and oxygen atoms in total. The van der Waals surface area contributed by atoms with E-state index < -0.39 is 0 Å². The summed E-state index contributed by atoms with van der Waals surface area (Å²) in [5.41, 5.74) is 1.91. The first kappa shape index (κ1) is 14.1. The molecule has 24 heavy (non-hydrogen) atoms. The predicted octanol–water partition coefficient (Wildman–Crippen LogP) is 2.57. The minimum Gasteiger partial charge on any atom is -0.361 e. The zero-order valence-electron chi connectivity index (χ0n) is 12.4. The Morgan fingerprint density at radius 3 is 2.71 bits per heavy atom. The number of nitrogens with zero attached hydrogens (tertiary/aromatic N) is 4. The van der Waals surface area contributed by atoms with E-state index in [-0.39, 0.29) is 5.82 Å². The lowest BCUT2D eigenvalue weighted by molar-refractivity contribution is 0.628. The molecule has 9 heteroatoms. The lowest BCUT2D eigenvalue weighted by Crippen LogP contribution is -2.06. The highest BCUT2D eigenvalue weighted by Gasteiger charge is 2.10. The summed E-state index contributed by atoms with van der Waals surface area (Å²) in [6.07, 6.45) is 4.99. The van der Waals surface area contributed by atoms with Crippen molar-refractivity contribution in [1.29, 1.82) is 0 Å². The molecule has 0 saturated heterocycles. The summed E-state index contributed by atoms with van der Waals surface area (Å²) < 4.78 is 13.0. The standard InChI is InChI=1S/C15H13FN8/c16-9-1-3-10(4-2-9)22-15-23-13(12-14(24-15)21-8-20-12)19-7-11-17-5-6-18-11/h1-6,8H,7H2,(H,17,18)(H3,19,20,21,22,23,24). The third-order valence-corrected chi connectivity index (χ3v) is 3.36. The van der Waals surface area contributed by atoms with Gasteiger partial charge in [0.25, 0.3) is 0 Å². The summed E-state index contributed by atoms with van der Waals surface area (Å²) in [7, 11) is 0. The molecule has 4 aromatic rings. The molecule has 4 rings (SSSR count). The Hall–Kier alpha value is -3.49. The van der Waals surface area contributed by atoms with Gasteiger partial charge in [0.1, 0.15) is 17.2 Å². The van der Waals surface area contributed by atoms with E-state index in [4.69, 9.17) is 0 Å². The fraction of sp³-hybridized carbons (Fsp3) is 0.0667. The van der Waals surface area contributed by atoms with Crippen LogP contribution in [0, 0.1) is 5.82 Å². The first-order valence-electron chi connectivity index (χ1n) is 7.24. The number of benzene rings is 1. The van der Waals surface area contributed by atoms with Crippen molar-refractivity contribution >= 4 is 28.6 Å². The number of imidazole rings is 2. The first-order chi connectivity index (χ1) is 11.8. The molecule has 120 valence electrons. The largest absolute Gasteiger partial charge is 0.361 e. The molecule has 1 aromatic carbocycles. The molecular weight excluding hydrogens is 311 g/mol. The molecule has 0 aliphatic heterocycles. The van der Waals surface area contributed by atoms with Crippen LogP contribution in [0.4, 0.5) is 21.8 Å². The van der Waals surface area contributed by atoms with Crippen LogP contribution in [0.3, 0.4) is 0 Å². The Labute approximate surface area is 135 Å². The van der Waals surface area contributed by atoms with Gasteiger partial charge < -0.3 is 20.6 Å². The normalized spacial score (nSPS) is 10.9. The number of hydrogen-bond acceptors (Lipinski definition) is 6. The first-order valence-corrected chi connectivity index (χ1v) is 7.24. The molecule has 0 atom stereocenters. The Bertz CT molecular complexity index is 945. The van der Waals surface area contributed by atoms with Crippen LogP contribution in [-0.2, 0) is 6.54 Å². The molecule has 0 spiro atoms. The second-order valence-corrected chi connectivity index (χ2v) is 5.02. The van der Waals surface area contributed by atoms with Gasteiger partial charge in [-0.2, -0.15) is 9.97 Å². The maximum Gasteiger partial charge on any atom is 0.231 e. The van der Waals surface area contributed by atoms with Crippen molar-refractivity contribution in [1.82, 2.24) is 29.9 Å². The van der Waals surface area contributed by atoms with Crippen molar-refractivity contribution in [2.45, 2.75) is 6.54 Å². The minimum atomic E-state index is -0.301. The molecule has 4 N–H and O–H groups in total. The number of H-pyrrole nitrogens is 2. The SMILES string of the molecule is Fc1ccc(Nc2nc(NCc3ncc[nH]3)c3[nH]cnc3n2)cc1. The number of rotatable bonds is 5. The van der Waals surface area contributed by atoms with E-state index in [9.17, 15) is 4.39 Å². The smallest absolute Gasteiger partial charge is 0.231 e. The molecule has 0 fully saturated rings. The van der Waals surface area contributed by atoms with Crippen molar-refractivity contribution in [3.05, 3.63) is 54.6 Å². The summed E-state index contributed by atoms with van der Waals surface area (Å²) in [5.74, 6) is 1.45. The lowest BCUT2D eigenvalue weighted by atomic mass is 10.3. The molecule has 0 unspecified atom stereocenters.